The van der Waals surface area contributed by atoms with Crippen molar-refractivity contribution in [1.29, 1.82) is 0 Å². The third-order valence-corrected chi connectivity index (χ3v) is 3.62. The minimum absolute atomic E-state index is 0.0628. The zero-order valence-electron chi connectivity index (χ0n) is 10.8. The molecule has 0 atom stereocenters. The smallest absolute Gasteiger partial charge is 0.350 e. The monoisotopic (exact) mass is 294 g/mol. The Morgan fingerprint density at radius 1 is 1.40 bits per heavy atom. The summed E-state index contributed by atoms with van der Waals surface area (Å²) in [5, 5.41) is 4.33. The number of ether oxygens (including phenoxy) is 1. The van der Waals surface area contributed by atoms with E-state index in [9.17, 15) is 14.0 Å². The van der Waals surface area contributed by atoms with Gasteiger partial charge in [-0.25, -0.2) is 14.2 Å². The number of pyridine rings is 1. The molecule has 20 heavy (non-hydrogen) atoms. The first-order valence-corrected chi connectivity index (χ1v) is 6.50. The molecule has 2 aromatic heterocycles. The summed E-state index contributed by atoms with van der Waals surface area (Å²) in [5.41, 5.74) is 1.19. The average molecular weight is 294 g/mol. The van der Waals surface area contributed by atoms with Crippen LogP contribution in [0.4, 0.5) is 10.1 Å². The number of hydrogen-bond donors (Lipinski definition) is 1. The Bertz CT molecular complexity index is 652. The summed E-state index contributed by atoms with van der Waals surface area (Å²) in [6.07, 6.45) is 0.955. The van der Waals surface area contributed by atoms with Crippen LogP contribution < -0.4 is 5.32 Å². The van der Waals surface area contributed by atoms with Gasteiger partial charge in [-0.15, -0.1) is 11.3 Å². The highest BCUT2D eigenvalue weighted by molar-refractivity contribution is 7.12. The molecular formula is C13H11FN2O3S. The van der Waals surface area contributed by atoms with Gasteiger partial charge in [-0.1, -0.05) is 0 Å². The van der Waals surface area contributed by atoms with Crippen molar-refractivity contribution >= 4 is 28.9 Å². The maximum atomic E-state index is 12.8. The lowest BCUT2D eigenvalue weighted by molar-refractivity contribution is 0.0607. The quantitative estimate of drug-likeness (QED) is 0.884. The number of amides is 1. The lowest BCUT2D eigenvalue weighted by Gasteiger charge is -2.06. The molecule has 0 aliphatic carbocycles. The Balaban J connectivity index is 2.26. The van der Waals surface area contributed by atoms with Gasteiger partial charge in [-0.05, 0) is 30.0 Å². The van der Waals surface area contributed by atoms with Crippen molar-refractivity contribution in [3.05, 3.63) is 45.7 Å². The fraction of sp³-hybridized carbons (Fsp3) is 0.154. The first-order valence-electron chi connectivity index (χ1n) is 5.62. The number of nitrogens with zero attached hydrogens (tertiary/aromatic N) is 1. The molecule has 2 aromatic rings. The van der Waals surface area contributed by atoms with Gasteiger partial charge in [-0.3, -0.25) is 4.79 Å². The summed E-state index contributed by atoms with van der Waals surface area (Å²) >= 11 is 1.18. The van der Waals surface area contributed by atoms with E-state index >= 15 is 0 Å². The third kappa shape index (κ3) is 2.83. The summed E-state index contributed by atoms with van der Waals surface area (Å²) in [7, 11) is 1.27. The van der Waals surface area contributed by atoms with Crippen molar-refractivity contribution in [2.45, 2.75) is 6.92 Å². The topological polar surface area (TPSA) is 68.3 Å². The van der Waals surface area contributed by atoms with Gasteiger partial charge in [0.25, 0.3) is 5.91 Å². The van der Waals surface area contributed by atoms with Crippen LogP contribution in [-0.4, -0.2) is 24.0 Å². The maximum Gasteiger partial charge on any atom is 0.350 e. The number of aryl methyl sites for hydroxylation is 1. The lowest BCUT2D eigenvalue weighted by atomic mass is 10.2. The van der Waals surface area contributed by atoms with Crippen molar-refractivity contribution in [3.63, 3.8) is 0 Å². The van der Waals surface area contributed by atoms with E-state index in [2.05, 4.69) is 15.0 Å². The van der Waals surface area contributed by atoms with E-state index in [1.165, 1.54) is 24.5 Å². The Hall–Kier alpha value is -2.28. The van der Waals surface area contributed by atoms with Crippen LogP contribution in [-0.2, 0) is 4.74 Å². The molecule has 5 nitrogen and oxygen atoms in total. The highest BCUT2D eigenvalue weighted by atomic mass is 32.1. The first-order chi connectivity index (χ1) is 9.52. The molecule has 0 unspecified atom stereocenters. The highest BCUT2D eigenvalue weighted by Crippen LogP contribution is 2.28. The molecule has 2 rings (SSSR count). The summed E-state index contributed by atoms with van der Waals surface area (Å²) in [6, 6.07) is 2.41. The van der Waals surface area contributed by atoms with Crippen LogP contribution in [0, 0.1) is 12.7 Å². The van der Waals surface area contributed by atoms with Gasteiger partial charge in [0, 0.05) is 0 Å². The average Bonchev–Trinajstić information content (AvgIpc) is 2.80. The summed E-state index contributed by atoms with van der Waals surface area (Å²) < 4.78 is 17.4. The molecule has 1 amide bonds. The van der Waals surface area contributed by atoms with Crippen LogP contribution in [0.3, 0.4) is 0 Å². The van der Waals surface area contributed by atoms with Gasteiger partial charge < -0.3 is 10.1 Å². The number of carbonyl (C=O) groups excluding carboxylic acids is 2. The van der Waals surface area contributed by atoms with E-state index in [1.54, 1.807) is 12.3 Å². The number of carbonyl (C=O) groups is 2. The predicted molar refractivity (Wildman–Crippen MR) is 72.5 cm³/mol. The van der Waals surface area contributed by atoms with Crippen LogP contribution in [0.1, 0.15) is 25.7 Å². The van der Waals surface area contributed by atoms with Crippen LogP contribution in [0.15, 0.2) is 23.7 Å². The standard InChI is InChI=1S/C13H11FN2O3S/c1-7-6-20-11(13(18)19-2)10(7)16-12(17)9-4-3-8(14)5-15-9/h3-6H,1-2H3,(H,16,17). The number of anilines is 1. The van der Waals surface area contributed by atoms with Crippen LogP contribution >= 0.6 is 11.3 Å². The molecule has 0 spiro atoms. The third-order valence-electron chi connectivity index (χ3n) is 2.54. The normalized spacial score (nSPS) is 10.2. The SMILES string of the molecule is COC(=O)c1scc(C)c1NC(=O)c1ccc(F)cn1. The highest BCUT2D eigenvalue weighted by Gasteiger charge is 2.19. The Labute approximate surface area is 118 Å². The first kappa shape index (κ1) is 14.1. The molecule has 0 saturated carbocycles. The van der Waals surface area contributed by atoms with Crippen molar-refractivity contribution in [2.75, 3.05) is 12.4 Å². The summed E-state index contributed by atoms with van der Waals surface area (Å²) in [6.45, 7) is 1.76. The van der Waals surface area contributed by atoms with Gasteiger partial charge in [0.2, 0.25) is 0 Å². The number of rotatable bonds is 3. The molecule has 2 heterocycles. The molecular weight excluding hydrogens is 283 g/mol. The molecule has 0 bridgehead atoms. The molecule has 0 saturated heterocycles. The second-order valence-corrected chi connectivity index (χ2v) is 4.81. The molecule has 7 heteroatoms. The van der Waals surface area contributed by atoms with Crippen LogP contribution in [0.2, 0.25) is 0 Å². The zero-order chi connectivity index (χ0) is 14.7. The number of methoxy groups -OCH3 is 1. The van der Waals surface area contributed by atoms with Crippen molar-refractivity contribution in [3.8, 4) is 0 Å². The number of thiophene rings is 1. The Morgan fingerprint density at radius 3 is 2.75 bits per heavy atom. The van der Waals surface area contributed by atoms with Crippen molar-refractivity contribution in [2.24, 2.45) is 0 Å². The minimum atomic E-state index is -0.525. The van der Waals surface area contributed by atoms with E-state index in [1.807, 2.05) is 0 Å². The maximum absolute atomic E-state index is 12.8. The summed E-state index contributed by atoms with van der Waals surface area (Å²) in [5.74, 6) is -1.56. The van der Waals surface area contributed by atoms with E-state index in [4.69, 9.17) is 0 Å². The summed E-state index contributed by atoms with van der Waals surface area (Å²) in [4.78, 5) is 27.6. The minimum Gasteiger partial charge on any atom is -0.465 e. The van der Waals surface area contributed by atoms with Gasteiger partial charge >= 0.3 is 5.97 Å². The molecule has 0 radical (unpaired) electrons. The Kier molecular flexibility index (Phi) is 4.09. The van der Waals surface area contributed by atoms with Gasteiger partial charge in [0.1, 0.15) is 16.4 Å². The molecule has 0 aliphatic heterocycles. The second kappa shape index (κ2) is 5.79. The van der Waals surface area contributed by atoms with Crippen molar-refractivity contribution in [1.82, 2.24) is 4.98 Å². The number of halogens is 1. The van der Waals surface area contributed by atoms with Crippen molar-refractivity contribution < 1.29 is 18.7 Å². The second-order valence-electron chi connectivity index (χ2n) is 3.93. The van der Waals surface area contributed by atoms with E-state index in [-0.39, 0.29) is 5.69 Å². The number of aromatic nitrogens is 1. The van der Waals surface area contributed by atoms with Crippen LogP contribution in [0.25, 0.3) is 0 Å². The molecule has 0 fully saturated rings. The molecule has 0 aliphatic rings. The lowest BCUT2D eigenvalue weighted by Crippen LogP contribution is -2.16. The Morgan fingerprint density at radius 2 is 2.15 bits per heavy atom. The fourth-order valence-electron chi connectivity index (χ4n) is 1.53. The van der Waals surface area contributed by atoms with Gasteiger partial charge in [0.05, 0.1) is 19.0 Å². The van der Waals surface area contributed by atoms with Crippen LogP contribution in [0.5, 0.6) is 0 Å². The number of nitrogens with one attached hydrogen (secondary N) is 1. The molecule has 1 N–H and O–H groups in total. The fourth-order valence-corrected chi connectivity index (χ4v) is 2.45. The predicted octanol–water partition coefficient (Wildman–Crippen LogP) is 2.63. The number of esters is 1. The van der Waals surface area contributed by atoms with Gasteiger partial charge in [0.15, 0.2) is 0 Å². The number of hydrogen-bond acceptors (Lipinski definition) is 5. The van der Waals surface area contributed by atoms with Gasteiger partial charge in [-0.2, -0.15) is 0 Å². The van der Waals surface area contributed by atoms with E-state index in [0.717, 1.165) is 17.8 Å². The van der Waals surface area contributed by atoms with E-state index < -0.39 is 17.7 Å². The molecule has 104 valence electrons. The van der Waals surface area contributed by atoms with E-state index in [0.29, 0.717) is 10.6 Å². The zero-order valence-corrected chi connectivity index (χ0v) is 11.6. The molecule has 0 aromatic carbocycles. The largest absolute Gasteiger partial charge is 0.465 e.